The van der Waals surface area contributed by atoms with Gasteiger partial charge in [0.1, 0.15) is 11.7 Å². The van der Waals surface area contributed by atoms with E-state index in [2.05, 4.69) is 64.3 Å². The van der Waals surface area contributed by atoms with Crippen molar-refractivity contribution in [3.8, 4) is 0 Å². The Morgan fingerprint density at radius 2 is 1.85 bits per heavy atom. The highest BCUT2D eigenvalue weighted by Crippen LogP contribution is 2.29. The van der Waals surface area contributed by atoms with Gasteiger partial charge in [0.25, 0.3) is 0 Å². The second-order valence-electron chi connectivity index (χ2n) is 10.3. The summed E-state index contributed by atoms with van der Waals surface area (Å²) in [5.74, 6) is 3.27. The summed E-state index contributed by atoms with van der Waals surface area (Å²) in [6, 6.07) is 6.57. The molecule has 1 aliphatic rings. The van der Waals surface area contributed by atoms with E-state index in [1.807, 2.05) is 6.92 Å². The lowest BCUT2D eigenvalue weighted by atomic mass is 9.83. The molecule has 1 aliphatic heterocycles. The molecule has 0 saturated carbocycles. The molecule has 0 spiro atoms. The van der Waals surface area contributed by atoms with Crippen molar-refractivity contribution in [2.24, 2.45) is 27.6 Å². The third kappa shape index (κ3) is 9.08. The average Bonchev–Trinajstić information content (AvgIpc) is 3.29. The molecule has 1 heterocycles. The van der Waals surface area contributed by atoms with E-state index < -0.39 is 0 Å². The number of aliphatic imine (C=N–C) groups is 2. The largest absolute Gasteiger partial charge is 0.387 e. The zero-order valence-corrected chi connectivity index (χ0v) is 22.2. The Balaban J connectivity index is 2.16. The van der Waals surface area contributed by atoms with Crippen LogP contribution in [0.1, 0.15) is 96.6 Å². The van der Waals surface area contributed by atoms with Crippen LogP contribution in [0.2, 0.25) is 0 Å². The highest BCUT2D eigenvalue weighted by atomic mass is 15.1. The van der Waals surface area contributed by atoms with Crippen LogP contribution in [0.25, 0.3) is 0 Å². The molecule has 33 heavy (non-hydrogen) atoms. The molecule has 0 radical (unpaired) electrons. The molecule has 2 atom stereocenters. The van der Waals surface area contributed by atoms with Crippen molar-refractivity contribution in [3.63, 3.8) is 0 Å². The monoisotopic (exact) mass is 452 g/mol. The number of nitrogens with zero attached hydrogens (tertiary/aromatic N) is 3. The summed E-state index contributed by atoms with van der Waals surface area (Å²) in [7, 11) is 0. The van der Waals surface area contributed by atoms with Crippen LogP contribution >= 0.6 is 0 Å². The number of amidine groups is 2. The molecule has 1 aromatic rings. The van der Waals surface area contributed by atoms with Gasteiger partial charge in [-0.1, -0.05) is 65.3 Å². The van der Waals surface area contributed by atoms with E-state index in [9.17, 15) is 0 Å². The van der Waals surface area contributed by atoms with Gasteiger partial charge in [-0.25, -0.2) is 9.98 Å². The molecule has 0 aliphatic carbocycles. The molecule has 1 fully saturated rings. The van der Waals surface area contributed by atoms with E-state index in [1.165, 1.54) is 49.1 Å². The van der Waals surface area contributed by atoms with Gasteiger partial charge in [0.15, 0.2) is 0 Å². The van der Waals surface area contributed by atoms with Crippen molar-refractivity contribution >= 4 is 17.4 Å². The Labute approximate surface area is 203 Å². The van der Waals surface area contributed by atoms with Crippen molar-refractivity contribution in [3.05, 3.63) is 41.5 Å². The van der Waals surface area contributed by atoms with Gasteiger partial charge in [0.05, 0.1) is 5.69 Å². The maximum Gasteiger partial charge on any atom is 0.131 e. The molecule has 1 saturated heterocycles. The van der Waals surface area contributed by atoms with Crippen molar-refractivity contribution < 1.29 is 0 Å². The number of hydrogen-bond donors (Lipinski definition) is 1. The molecule has 4 heteroatoms. The topological polar surface area (TPSA) is 54.0 Å². The Bertz CT molecular complexity index is 815. The summed E-state index contributed by atoms with van der Waals surface area (Å²) in [5.41, 5.74) is 11.1. The predicted octanol–water partition coefficient (Wildman–Crippen LogP) is 7.40. The maximum atomic E-state index is 6.14. The van der Waals surface area contributed by atoms with Crippen molar-refractivity contribution in [2.45, 2.75) is 92.4 Å². The minimum Gasteiger partial charge on any atom is -0.387 e. The second-order valence-corrected chi connectivity index (χ2v) is 10.3. The van der Waals surface area contributed by atoms with Gasteiger partial charge in [-0.2, -0.15) is 0 Å². The van der Waals surface area contributed by atoms with Gasteiger partial charge in [0.2, 0.25) is 0 Å². The smallest absolute Gasteiger partial charge is 0.131 e. The lowest BCUT2D eigenvalue weighted by molar-refractivity contribution is 0.309. The van der Waals surface area contributed by atoms with Crippen LogP contribution in [0.4, 0.5) is 5.69 Å². The number of aryl methyl sites for hydroxylation is 1. The molecule has 2 rings (SSSR count). The first kappa shape index (κ1) is 27.3. The summed E-state index contributed by atoms with van der Waals surface area (Å²) in [6.45, 7) is 21.3. The van der Waals surface area contributed by atoms with Crippen LogP contribution in [0.3, 0.4) is 0 Å². The van der Waals surface area contributed by atoms with E-state index >= 15 is 0 Å². The van der Waals surface area contributed by atoms with Gasteiger partial charge in [0, 0.05) is 19.4 Å². The minimum absolute atomic E-state index is 0.514. The molecular formula is C29H48N4. The predicted molar refractivity (Wildman–Crippen MR) is 146 cm³/mol. The Morgan fingerprint density at radius 1 is 1.15 bits per heavy atom. The lowest BCUT2D eigenvalue weighted by Gasteiger charge is -2.26. The van der Waals surface area contributed by atoms with Crippen LogP contribution in [0, 0.1) is 18.8 Å². The summed E-state index contributed by atoms with van der Waals surface area (Å²) >= 11 is 0. The minimum atomic E-state index is 0.514. The van der Waals surface area contributed by atoms with Crippen LogP contribution < -0.4 is 5.73 Å². The number of rotatable bonds is 12. The van der Waals surface area contributed by atoms with E-state index in [4.69, 9.17) is 15.7 Å². The van der Waals surface area contributed by atoms with Crippen LogP contribution in [-0.2, 0) is 0 Å². The van der Waals surface area contributed by atoms with E-state index in [1.54, 1.807) is 0 Å². The number of benzene rings is 1. The highest BCUT2D eigenvalue weighted by Gasteiger charge is 2.20. The normalized spacial score (nSPS) is 17.5. The second kappa shape index (κ2) is 13.7. The molecule has 2 N–H and O–H groups in total. The Hall–Kier alpha value is -1.94. The summed E-state index contributed by atoms with van der Waals surface area (Å²) in [5, 5.41) is 0. The zero-order chi connectivity index (χ0) is 24.4. The molecule has 1 aromatic carbocycles. The fourth-order valence-corrected chi connectivity index (χ4v) is 4.61. The summed E-state index contributed by atoms with van der Waals surface area (Å²) in [4.78, 5) is 12.3. The molecular weight excluding hydrogens is 404 g/mol. The van der Waals surface area contributed by atoms with Crippen LogP contribution in [-0.4, -0.2) is 36.2 Å². The summed E-state index contributed by atoms with van der Waals surface area (Å²) in [6.07, 6.45) is 7.59. The quantitative estimate of drug-likeness (QED) is 0.204. The van der Waals surface area contributed by atoms with Gasteiger partial charge in [-0.05, 0) is 80.6 Å². The first-order valence-electron chi connectivity index (χ1n) is 13.1. The standard InChI is InChI=1S/C29H48N4/c1-8-23(6)26(18-22(5)20-33-16-10-11-17-33)13-15-29(32-28(30)9-2)31-27-14-12-25(21(3)4)19-24(27)7/h12,14,19,21,23,26H,5,8-11,13,15-18,20H2,1-4,6-7H3,(H2,30,31,32). The molecule has 2 unspecified atom stereocenters. The first-order chi connectivity index (χ1) is 15.7. The molecule has 184 valence electrons. The lowest BCUT2D eigenvalue weighted by Crippen LogP contribution is -2.23. The SMILES string of the molecule is C=C(CC(CCC(N=C(N)CC)=Nc1ccc(C(C)C)cc1C)C(C)CC)CN1CCCC1. The van der Waals surface area contributed by atoms with Crippen molar-refractivity contribution in [1.29, 1.82) is 0 Å². The van der Waals surface area contributed by atoms with Crippen LogP contribution in [0.5, 0.6) is 0 Å². The fourth-order valence-electron chi connectivity index (χ4n) is 4.61. The van der Waals surface area contributed by atoms with Gasteiger partial charge < -0.3 is 5.73 Å². The van der Waals surface area contributed by atoms with E-state index in [-0.39, 0.29) is 0 Å². The Morgan fingerprint density at radius 3 is 2.42 bits per heavy atom. The number of hydrogen-bond acceptors (Lipinski definition) is 2. The molecule has 0 amide bonds. The maximum absolute atomic E-state index is 6.14. The zero-order valence-electron chi connectivity index (χ0n) is 22.2. The van der Waals surface area contributed by atoms with E-state index in [0.29, 0.717) is 23.6 Å². The molecule has 0 aromatic heterocycles. The van der Waals surface area contributed by atoms with Crippen LogP contribution in [0.15, 0.2) is 40.3 Å². The first-order valence-corrected chi connectivity index (χ1v) is 13.1. The van der Waals surface area contributed by atoms with Crippen molar-refractivity contribution in [1.82, 2.24) is 4.90 Å². The summed E-state index contributed by atoms with van der Waals surface area (Å²) < 4.78 is 0. The third-order valence-corrected chi connectivity index (χ3v) is 7.16. The fraction of sp³-hybridized carbons (Fsp3) is 0.655. The van der Waals surface area contributed by atoms with E-state index in [0.717, 1.165) is 43.8 Å². The third-order valence-electron chi connectivity index (χ3n) is 7.16. The highest BCUT2D eigenvalue weighted by molar-refractivity contribution is 5.97. The number of likely N-dealkylation sites (tertiary alicyclic amines) is 1. The number of nitrogens with two attached hydrogens (primary N) is 1. The van der Waals surface area contributed by atoms with Gasteiger partial charge in [-0.3, -0.25) is 4.90 Å². The molecule has 4 nitrogen and oxygen atoms in total. The van der Waals surface area contributed by atoms with Crippen molar-refractivity contribution in [2.75, 3.05) is 19.6 Å². The van der Waals surface area contributed by atoms with Gasteiger partial charge in [-0.15, -0.1) is 0 Å². The molecule has 0 bridgehead atoms. The average molecular weight is 453 g/mol. The Kier molecular flexibility index (Phi) is 11.3. The van der Waals surface area contributed by atoms with Gasteiger partial charge >= 0.3 is 0 Å².